The van der Waals surface area contributed by atoms with E-state index in [1.165, 1.54) is 34.7 Å². The first-order valence-corrected chi connectivity index (χ1v) is 13.0. The highest BCUT2D eigenvalue weighted by Gasteiger charge is 2.24. The normalized spacial score (nSPS) is 19.3. The number of phenolic OH excluding ortho intramolecular Hbond substituents is 1. The van der Waals surface area contributed by atoms with Crippen molar-refractivity contribution in [2.24, 2.45) is 5.92 Å². The molecule has 0 aliphatic carbocycles. The van der Waals surface area contributed by atoms with E-state index in [1.807, 2.05) is 29.5 Å². The molecule has 3 aromatic rings. The molecule has 1 atom stereocenters. The van der Waals surface area contributed by atoms with Crippen molar-refractivity contribution in [2.75, 3.05) is 39.9 Å². The summed E-state index contributed by atoms with van der Waals surface area (Å²) in [6, 6.07) is 16.4. The Morgan fingerprint density at radius 3 is 2.82 bits per heavy atom. The van der Waals surface area contributed by atoms with Crippen molar-refractivity contribution in [2.45, 2.75) is 32.9 Å². The third kappa shape index (κ3) is 5.40. The Kier molecular flexibility index (Phi) is 7.09. The number of rotatable bonds is 6. The van der Waals surface area contributed by atoms with E-state index in [1.54, 1.807) is 6.07 Å². The summed E-state index contributed by atoms with van der Waals surface area (Å²) in [4.78, 5) is 7.29. The van der Waals surface area contributed by atoms with Crippen LogP contribution in [0.1, 0.15) is 28.8 Å². The monoisotopic (exact) mass is 478 g/mol. The van der Waals surface area contributed by atoms with Crippen LogP contribution in [0, 0.1) is 12.8 Å². The van der Waals surface area contributed by atoms with Crippen LogP contribution in [0.25, 0.3) is 10.4 Å². The smallest absolute Gasteiger partial charge is 0.165 e. The number of piperidine rings is 1. The van der Waals surface area contributed by atoms with E-state index in [2.05, 4.69) is 48.0 Å². The van der Waals surface area contributed by atoms with E-state index >= 15 is 0 Å². The SMILES string of the molecule is Cc1ccc(-c2cc3c(c(OC[C@H]4CCCN(C)C4)c2)OCCN(Cc2ccccc2O)C3)s1. The molecule has 2 aromatic carbocycles. The largest absolute Gasteiger partial charge is 0.508 e. The maximum absolute atomic E-state index is 10.3. The molecule has 5 nitrogen and oxygen atoms in total. The lowest BCUT2D eigenvalue weighted by Gasteiger charge is -2.29. The minimum Gasteiger partial charge on any atom is -0.508 e. The molecule has 1 fully saturated rings. The zero-order valence-corrected chi connectivity index (χ0v) is 20.9. The van der Waals surface area contributed by atoms with Crippen LogP contribution in [-0.4, -0.2) is 54.8 Å². The molecule has 1 saturated heterocycles. The van der Waals surface area contributed by atoms with Gasteiger partial charge in [0, 0.05) is 53.0 Å². The molecule has 5 rings (SSSR count). The number of ether oxygens (including phenoxy) is 2. The van der Waals surface area contributed by atoms with Crippen LogP contribution in [0.15, 0.2) is 48.5 Å². The molecule has 1 aromatic heterocycles. The van der Waals surface area contributed by atoms with Crippen molar-refractivity contribution in [3.05, 3.63) is 64.5 Å². The molecule has 2 aliphatic rings. The van der Waals surface area contributed by atoms with Crippen molar-refractivity contribution in [1.82, 2.24) is 9.80 Å². The summed E-state index contributed by atoms with van der Waals surface area (Å²) in [6.45, 7) is 7.95. The highest BCUT2D eigenvalue weighted by molar-refractivity contribution is 7.15. The lowest BCUT2D eigenvalue weighted by atomic mass is 9.99. The molecule has 6 heteroatoms. The second kappa shape index (κ2) is 10.4. The maximum Gasteiger partial charge on any atom is 0.165 e. The first-order chi connectivity index (χ1) is 16.5. The number of aromatic hydroxyl groups is 1. The van der Waals surface area contributed by atoms with Crippen LogP contribution in [0.3, 0.4) is 0 Å². The lowest BCUT2D eigenvalue weighted by molar-refractivity contribution is 0.146. The molecule has 1 N–H and O–H groups in total. The minimum atomic E-state index is 0.345. The Hall–Kier alpha value is -2.54. The Balaban J connectivity index is 1.43. The number of nitrogens with zero attached hydrogens (tertiary/aromatic N) is 2. The molecular formula is C28H34N2O3S. The van der Waals surface area contributed by atoms with Crippen LogP contribution >= 0.6 is 11.3 Å². The van der Waals surface area contributed by atoms with Crippen molar-refractivity contribution in [1.29, 1.82) is 0 Å². The van der Waals surface area contributed by atoms with E-state index in [0.717, 1.165) is 42.3 Å². The van der Waals surface area contributed by atoms with Gasteiger partial charge in [0.2, 0.25) is 0 Å². The summed E-state index contributed by atoms with van der Waals surface area (Å²) < 4.78 is 12.8. The van der Waals surface area contributed by atoms with Gasteiger partial charge < -0.3 is 19.5 Å². The van der Waals surface area contributed by atoms with E-state index in [0.29, 0.717) is 31.4 Å². The molecule has 34 heavy (non-hydrogen) atoms. The van der Waals surface area contributed by atoms with Gasteiger partial charge in [-0.05, 0) is 69.3 Å². The van der Waals surface area contributed by atoms with Gasteiger partial charge in [0.1, 0.15) is 12.4 Å². The van der Waals surface area contributed by atoms with Gasteiger partial charge in [-0.15, -0.1) is 11.3 Å². The van der Waals surface area contributed by atoms with Crippen molar-refractivity contribution >= 4 is 11.3 Å². The van der Waals surface area contributed by atoms with Crippen molar-refractivity contribution in [3.8, 4) is 27.7 Å². The Bertz CT molecular complexity index is 1130. The first-order valence-electron chi connectivity index (χ1n) is 12.2. The molecule has 2 aliphatic heterocycles. The summed E-state index contributed by atoms with van der Waals surface area (Å²) in [7, 11) is 2.19. The molecule has 0 radical (unpaired) electrons. The number of benzene rings is 2. The second-order valence-electron chi connectivity index (χ2n) is 9.64. The van der Waals surface area contributed by atoms with E-state index < -0.39 is 0 Å². The highest BCUT2D eigenvalue weighted by Crippen LogP contribution is 2.41. The van der Waals surface area contributed by atoms with Crippen molar-refractivity contribution < 1.29 is 14.6 Å². The molecule has 0 amide bonds. The van der Waals surface area contributed by atoms with Crippen molar-refractivity contribution in [3.63, 3.8) is 0 Å². The number of fused-ring (bicyclic) bond motifs is 1. The predicted molar refractivity (Wildman–Crippen MR) is 138 cm³/mol. The molecule has 0 saturated carbocycles. The van der Waals surface area contributed by atoms with Gasteiger partial charge in [-0.2, -0.15) is 0 Å². The van der Waals surface area contributed by atoms with Gasteiger partial charge in [-0.25, -0.2) is 0 Å². The Labute approximate surface area is 206 Å². The number of aryl methyl sites for hydroxylation is 1. The van der Waals surface area contributed by atoms with Gasteiger partial charge in [-0.1, -0.05) is 18.2 Å². The maximum atomic E-state index is 10.3. The lowest BCUT2D eigenvalue weighted by Crippen LogP contribution is -2.34. The van der Waals surface area contributed by atoms with Gasteiger partial charge in [-0.3, -0.25) is 4.90 Å². The summed E-state index contributed by atoms with van der Waals surface area (Å²) in [6.07, 6.45) is 2.44. The third-order valence-electron chi connectivity index (χ3n) is 6.79. The van der Waals surface area contributed by atoms with Crippen LogP contribution in [0.5, 0.6) is 17.2 Å². The topological polar surface area (TPSA) is 45.2 Å². The molecule has 3 heterocycles. The average molecular weight is 479 g/mol. The number of likely N-dealkylation sites (tertiary alicyclic amines) is 1. The first kappa shape index (κ1) is 23.2. The fourth-order valence-electron chi connectivity index (χ4n) is 5.01. The highest BCUT2D eigenvalue weighted by atomic mass is 32.1. The standard InChI is InChI=1S/C28H34N2O3S/c1-20-9-10-27(34-20)23-14-24-18-30(17-22-7-3-4-8-25(22)31)12-13-32-28(24)26(15-23)33-19-21-6-5-11-29(2)16-21/h3-4,7-10,14-15,21,31H,5-6,11-13,16-19H2,1-2H3/t21-/m0/s1. The fraction of sp³-hybridized carbons (Fsp3) is 0.429. The summed E-state index contributed by atoms with van der Waals surface area (Å²) in [5, 5.41) is 10.3. The third-order valence-corrected chi connectivity index (χ3v) is 7.84. The molecule has 180 valence electrons. The number of thiophene rings is 1. The average Bonchev–Trinajstić information content (AvgIpc) is 3.15. The molecule has 0 bridgehead atoms. The molecular weight excluding hydrogens is 444 g/mol. The number of phenols is 1. The summed E-state index contributed by atoms with van der Waals surface area (Å²) in [5.74, 6) is 2.62. The Morgan fingerprint density at radius 1 is 1.15 bits per heavy atom. The quantitative estimate of drug-likeness (QED) is 0.504. The van der Waals surface area contributed by atoms with Gasteiger partial charge in [0.15, 0.2) is 11.5 Å². The molecule has 0 spiro atoms. The van der Waals surface area contributed by atoms with Crippen LogP contribution in [0.2, 0.25) is 0 Å². The van der Waals surface area contributed by atoms with Gasteiger partial charge in [0.25, 0.3) is 0 Å². The van der Waals surface area contributed by atoms with Gasteiger partial charge >= 0.3 is 0 Å². The van der Waals surface area contributed by atoms with E-state index in [4.69, 9.17) is 9.47 Å². The van der Waals surface area contributed by atoms with Crippen LogP contribution in [0.4, 0.5) is 0 Å². The molecule has 0 unspecified atom stereocenters. The Morgan fingerprint density at radius 2 is 2.03 bits per heavy atom. The van der Waals surface area contributed by atoms with Crippen LogP contribution < -0.4 is 9.47 Å². The number of para-hydroxylation sites is 1. The van der Waals surface area contributed by atoms with Crippen LogP contribution in [-0.2, 0) is 13.1 Å². The second-order valence-corrected chi connectivity index (χ2v) is 10.9. The fourth-order valence-corrected chi connectivity index (χ4v) is 5.87. The zero-order valence-electron chi connectivity index (χ0n) is 20.1. The predicted octanol–water partition coefficient (Wildman–Crippen LogP) is 5.54. The number of hydrogen-bond acceptors (Lipinski definition) is 6. The zero-order chi connectivity index (χ0) is 23.5. The summed E-state index contributed by atoms with van der Waals surface area (Å²) >= 11 is 1.81. The van der Waals surface area contributed by atoms with E-state index in [-0.39, 0.29) is 0 Å². The minimum absolute atomic E-state index is 0.345. The van der Waals surface area contributed by atoms with E-state index in [9.17, 15) is 5.11 Å². The van der Waals surface area contributed by atoms with Gasteiger partial charge in [0.05, 0.1) is 6.61 Å². The number of hydrogen-bond donors (Lipinski definition) is 1. The summed E-state index contributed by atoms with van der Waals surface area (Å²) in [5.41, 5.74) is 3.27.